The number of nitrogens with one attached hydrogen (secondary N) is 1. The molecule has 1 heterocycles. The first-order chi connectivity index (χ1) is 11.3. The maximum Gasteiger partial charge on any atom is 0.255 e. The molecule has 7 heteroatoms. The summed E-state index contributed by atoms with van der Waals surface area (Å²) in [6, 6.07) is 5.17. The number of piperidine rings is 1. The molecule has 5 nitrogen and oxygen atoms in total. The molecule has 1 aromatic carbocycles. The molecule has 1 aromatic rings. The minimum atomic E-state index is -0.128. The Balaban J connectivity index is 0.00000312. The number of benzene rings is 1. The number of halogens is 2. The van der Waals surface area contributed by atoms with Crippen LogP contribution in [0, 0.1) is 11.8 Å². The van der Waals surface area contributed by atoms with Gasteiger partial charge in [-0.3, -0.25) is 9.59 Å². The topological polar surface area (TPSA) is 75.4 Å². The van der Waals surface area contributed by atoms with Gasteiger partial charge in [-0.05, 0) is 43.9 Å². The molecular formula is C18H27Cl2N3O2. The van der Waals surface area contributed by atoms with Gasteiger partial charge in [-0.25, -0.2) is 0 Å². The van der Waals surface area contributed by atoms with Gasteiger partial charge in [-0.15, -0.1) is 12.4 Å². The molecule has 0 bridgehead atoms. The molecule has 1 unspecified atom stereocenters. The van der Waals surface area contributed by atoms with E-state index in [4.69, 9.17) is 17.3 Å². The van der Waals surface area contributed by atoms with Crippen LogP contribution in [0.1, 0.15) is 44.0 Å². The fourth-order valence-corrected chi connectivity index (χ4v) is 3.05. The van der Waals surface area contributed by atoms with E-state index in [9.17, 15) is 9.59 Å². The van der Waals surface area contributed by atoms with Gasteiger partial charge in [0.05, 0.1) is 10.6 Å². The average molecular weight is 388 g/mol. The highest BCUT2D eigenvalue weighted by Crippen LogP contribution is 2.26. The molecule has 0 spiro atoms. The lowest BCUT2D eigenvalue weighted by atomic mass is 9.90. The molecule has 0 aromatic heterocycles. The molecule has 1 saturated heterocycles. The summed E-state index contributed by atoms with van der Waals surface area (Å²) in [7, 11) is 0. The van der Waals surface area contributed by atoms with Crippen LogP contribution in [0.4, 0.5) is 5.69 Å². The van der Waals surface area contributed by atoms with Gasteiger partial charge in [0.1, 0.15) is 0 Å². The summed E-state index contributed by atoms with van der Waals surface area (Å²) in [4.78, 5) is 26.4. The third-order valence-corrected chi connectivity index (χ3v) is 4.89. The third-order valence-electron chi connectivity index (χ3n) is 4.56. The maximum atomic E-state index is 12.8. The molecule has 0 radical (unpaired) electrons. The van der Waals surface area contributed by atoms with Crippen molar-refractivity contribution in [3.8, 4) is 0 Å². The highest BCUT2D eigenvalue weighted by Gasteiger charge is 2.26. The maximum absolute atomic E-state index is 12.8. The smallest absolute Gasteiger partial charge is 0.255 e. The highest BCUT2D eigenvalue weighted by molar-refractivity contribution is 6.34. The first kappa shape index (κ1) is 21.7. The van der Waals surface area contributed by atoms with Gasteiger partial charge in [0.2, 0.25) is 5.91 Å². The second-order valence-electron chi connectivity index (χ2n) is 6.83. The molecule has 2 rings (SSSR count). The van der Waals surface area contributed by atoms with Gasteiger partial charge in [0.25, 0.3) is 5.91 Å². The standard InChI is InChI=1S/C18H26ClN3O2.ClH/c1-11(2)17(23)21-14-4-5-16(19)15(10-14)18(24)22-8-6-13(7-9-22)12(3)20;/h4-5,10-13H,6-9,20H2,1-3H3,(H,21,23);1H. The molecule has 0 saturated carbocycles. The number of rotatable bonds is 4. The third kappa shape index (κ3) is 5.59. The molecule has 140 valence electrons. The van der Waals surface area contributed by atoms with Gasteiger partial charge in [0.15, 0.2) is 0 Å². The van der Waals surface area contributed by atoms with E-state index in [1.165, 1.54) is 0 Å². The monoisotopic (exact) mass is 387 g/mol. The van der Waals surface area contributed by atoms with E-state index < -0.39 is 0 Å². The summed E-state index contributed by atoms with van der Waals surface area (Å²) in [5.74, 6) is 0.149. The minimum Gasteiger partial charge on any atom is -0.339 e. The number of amides is 2. The Morgan fingerprint density at radius 1 is 1.24 bits per heavy atom. The number of nitrogens with two attached hydrogens (primary N) is 1. The highest BCUT2D eigenvalue weighted by atomic mass is 35.5. The summed E-state index contributed by atoms with van der Waals surface area (Å²) in [5.41, 5.74) is 6.97. The zero-order valence-electron chi connectivity index (χ0n) is 14.9. The normalized spacial score (nSPS) is 16.3. The summed E-state index contributed by atoms with van der Waals surface area (Å²) >= 11 is 6.21. The Hall–Kier alpha value is -1.30. The van der Waals surface area contributed by atoms with Crippen LogP contribution in [0.15, 0.2) is 18.2 Å². The Morgan fingerprint density at radius 3 is 2.36 bits per heavy atom. The number of anilines is 1. The van der Waals surface area contributed by atoms with E-state index in [1.807, 2.05) is 25.7 Å². The quantitative estimate of drug-likeness (QED) is 0.828. The molecule has 2 amide bonds. The predicted molar refractivity (Wildman–Crippen MR) is 104 cm³/mol. The number of carbonyl (C=O) groups excluding carboxylic acids is 2. The van der Waals surface area contributed by atoms with Crippen LogP contribution in [0.25, 0.3) is 0 Å². The second-order valence-corrected chi connectivity index (χ2v) is 7.23. The SMILES string of the molecule is CC(C)C(=O)Nc1ccc(Cl)c(C(=O)N2CCC(C(C)N)CC2)c1.Cl. The number of hydrogen-bond acceptors (Lipinski definition) is 3. The predicted octanol–water partition coefficient (Wildman–Crippen LogP) is 3.56. The van der Waals surface area contributed by atoms with Crippen LogP contribution in [-0.4, -0.2) is 35.8 Å². The molecule has 1 fully saturated rings. The second kappa shape index (κ2) is 9.41. The van der Waals surface area contributed by atoms with Crippen LogP contribution in [0.5, 0.6) is 0 Å². The fraction of sp³-hybridized carbons (Fsp3) is 0.556. The lowest BCUT2D eigenvalue weighted by molar-refractivity contribution is -0.118. The van der Waals surface area contributed by atoms with Crippen molar-refractivity contribution >= 4 is 41.5 Å². The zero-order chi connectivity index (χ0) is 17.9. The van der Waals surface area contributed by atoms with Crippen molar-refractivity contribution in [1.29, 1.82) is 0 Å². The molecular weight excluding hydrogens is 361 g/mol. The van der Waals surface area contributed by atoms with E-state index in [-0.39, 0.29) is 36.2 Å². The number of likely N-dealkylation sites (tertiary alicyclic amines) is 1. The van der Waals surface area contributed by atoms with E-state index in [1.54, 1.807) is 18.2 Å². The van der Waals surface area contributed by atoms with Gasteiger partial charge in [-0.1, -0.05) is 25.4 Å². The molecule has 25 heavy (non-hydrogen) atoms. The lowest BCUT2D eigenvalue weighted by Crippen LogP contribution is -2.42. The molecule has 0 aliphatic carbocycles. The largest absolute Gasteiger partial charge is 0.339 e. The van der Waals surface area contributed by atoms with Crippen molar-refractivity contribution in [2.75, 3.05) is 18.4 Å². The van der Waals surface area contributed by atoms with E-state index in [2.05, 4.69) is 5.32 Å². The van der Waals surface area contributed by atoms with Gasteiger partial charge in [-0.2, -0.15) is 0 Å². The van der Waals surface area contributed by atoms with Crippen molar-refractivity contribution in [3.05, 3.63) is 28.8 Å². The zero-order valence-corrected chi connectivity index (χ0v) is 16.5. The summed E-state index contributed by atoms with van der Waals surface area (Å²) in [5, 5.41) is 3.20. The van der Waals surface area contributed by atoms with Crippen molar-refractivity contribution < 1.29 is 9.59 Å². The van der Waals surface area contributed by atoms with E-state index in [0.717, 1.165) is 12.8 Å². The van der Waals surface area contributed by atoms with Crippen LogP contribution in [0.2, 0.25) is 5.02 Å². The first-order valence-corrected chi connectivity index (χ1v) is 8.82. The van der Waals surface area contributed by atoms with E-state index in [0.29, 0.717) is 35.3 Å². The van der Waals surface area contributed by atoms with Crippen molar-refractivity contribution in [1.82, 2.24) is 4.90 Å². The van der Waals surface area contributed by atoms with E-state index >= 15 is 0 Å². The first-order valence-electron chi connectivity index (χ1n) is 8.45. The lowest BCUT2D eigenvalue weighted by Gasteiger charge is -2.34. The summed E-state index contributed by atoms with van der Waals surface area (Å²) in [6.45, 7) is 7.02. The van der Waals surface area contributed by atoms with Gasteiger partial charge in [0, 0.05) is 30.7 Å². The fourth-order valence-electron chi connectivity index (χ4n) is 2.85. The Bertz CT molecular complexity index is 612. The average Bonchev–Trinajstić information content (AvgIpc) is 2.55. The van der Waals surface area contributed by atoms with Crippen molar-refractivity contribution in [2.24, 2.45) is 17.6 Å². The number of nitrogens with zero attached hydrogens (tertiary/aromatic N) is 1. The van der Waals surface area contributed by atoms with Crippen LogP contribution in [-0.2, 0) is 4.79 Å². The molecule has 3 N–H and O–H groups in total. The van der Waals surface area contributed by atoms with Crippen LogP contribution < -0.4 is 11.1 Å². The van der Waals surface area contributed by atoms with Gasteiger partial charge < -0.3 is 16.0 Å². The summed E-state index contributed by atoms with van der Waals surface area (Å²) in [6.07, 6.45) is 1.82. The van der Waals surface area contributed by atoms with Crippen LogP contribution >= 0.6 is 24.0 Å². The Kier molecular flexibility index (Phi) is 8.19. The van der Waals surface area contributed by atoms with Crippen molar-refractivity contribution in [3.63, 3.8) is 0 Å². The Morgan fingerprint density at radius 2 is 1.84 bits per heavy atom. The minimum absolute atomic E-state index is 0. The van der Waals surface area contributed by atoms with Crippen molar-refractivity contribution in [2.45, 2.75) is 39.7 Å². The Labute approximate surface area is 160 Å². The molecule has 1 atom stereocenters. The number of carbonyl (C=O) groups is 2. The summed E-state index contributed by atoms with van der Waals surface area (Å²) < 4.78 is 0. The molecule has 1 aliphatic rings. The van der Waals surface area contributed by atoms with Crippen LogP contribution in [0.3, 0.4) is 0 Å². The van der Waals surface area contributed by atoms with Gasteiger partial charge >= 0.3 is 0 Å². The molecule has 1 aliphatic heterocycles. The number of hydrogen-bond donors (Lipinski definition) is 2.